The van der Waals surface area contributed by atoms with Gasteiger partial charge in [-0.1, -0.05) is 59.6 Å². The summed E-state index contributed by atoms with van der Waals surface area (Å²) in [6.45, 7) is -0.268. The number of aliphatic hydroxyl groups is 1. The number of aliphatic hydroxyl groups excluding tert-OH is 1. The van der Waals surface area contributed by atoms with Crippen molar-refractivity contribution in [2.24, 2.45) is 0 Å². The van der Waals surface area contributed by atoms with Crippen LogP contribution in [-0.4, -0.2) is 28.5 Å². The second kappa shape index (κ2) is 11.1. The quantitative estimate of drug-likeness (QED) is 0.297. The molecule has 0 aliphatic carbocycles. The van der Waals surface area contributed by atoms with Gasteiger partial charge in [0.1, 0.15) is 0 Å². The van der Waals surface area contributed by atoms with Gasteiger partial charge in [0.25, 0.3) is 11.8 Å². The molecule has 0 spiro atoms. The second-order valence-electron chi connectivity index (χ2n) is 7.68. The lowest BCUT2D eigenvalue weighted by atomic mass is 10.1. The number of halogens is 2. The molecule has 1 aromatic heterocycles. The number of amides is 2. The molecular formula is C27H21Cl2N3O3. The fourth-order valence-electron chi connectivity index (χ4n) is 3.52. The highest BCUT2D eigenvalue weighted by atomic mass is 35.5. The molecule has 0 saturated carbocycles. The first-order valence-electron chi connectivity index (χ1n) is 10.7. The van der Waals surface area contributed by atoms with Crippen molar-refractivity contribution in [3.05, 3.63) is 118 Å². The largest absolute Gasteiger partial charge is 0.394 e. The number of pyridine rings is 1. The van der Waals surface area contributed by atoms with Gasteiger partial charge in [0.2, 0.25) is 0 Å². The van der Waals surface area contributed by atoms with Crippen molar-refractivity contribution in [3.8, 4) is 11.3 Å². The molecule has 0 bridgehead atoms. The van der Waals surface area contributed by atoms with E-state index in [0.717, 1.165) is 5.56 Å². The van der Waals surface area contributed by atoms with Crippen LogP contribution in [0.25, 0.3) is 11.3 Å². The monoisotopic (exact) mass is 505 g/mol. The van der Waals surface area contributed by atoms with Crippen molar-refractivity contribution in [2.75, 3.05) is 11.9 Å². The number of benzene rings is 3. The van der Waals surface area contributed by atoms with E-state index in [2.05, 4.69) is 15.6 Å². The van der Waals surface area contributed by atoms with Gasteiger partial charge in [-0.05, 0) is 54.1 Å². The molecule has 1 atom stereocenters. The minimum Gasteiger partial charge on any atom is -0.394 e. The highest BCUT2D eigenvalue weighted by molar-refractivity contribution is 6.34. The lowest BCUT2D eigenvalue weighted by Gasteiger charge is -2.17. The summed E-state index contributed by atoms with van der Waals surface area (Å²) in [6, 6.07) is 23.6. The number of carbonyl (C=O) groups is 2. The summed E-state index contributed by atoms with van der Waals surface area (Å²) in [6.07, 6.45) is 1.67. The first-order valence-corrected chi connectivity index (χ1v) is 11.5. The number of anilines is 1. The molecule has 3 N–H and O–H groups in total. The summed E-state index contributed by atoms with van der Waals surface area (Å²) in [7, 11) is 0. The SMILES string of the molecule is O=C(Nc1ccc(Cl)c(-c2ccccn2)c1)c1ccc(C(=O)N[C@@H](CO)c2ccccc2)c(Cl)c1. The number of nitrogens with one attached hydrogen (secondary N) is 2. The molecule has 4 rings (SSSR count). The first kappa shape index (κ1) is 24.4. The smallest absolute Gasteiger partial charge is 0.255 e. The van der Waals surface area contributed by atoms with E-state index in [9.17, 15) is 14.7 Å². The third kappa shape index (κ3) is 5.87. The van der Waals surface area contributed by atoms with Gasteiger partial charge in [-0.2, -0.15) is 0 Å². The van der Waals surface area contributed by atoms with Crippen molar-refractivity contribution in [3.63, 3.8) is 0 Å². The lowest BCUT2D eigenvalue weighted by Crippen LogP contribution is -2.31. The first-order chi connectivity index (χ1) is 17.0. The number of aromatic nitrogens is 1. The minimum atomic E-state index is -0.582. The van der Waals surface area contributed by atoms with Crippen LogP contribution in [0.15, 0.2) is 91.1 Å². The Morgan fingerprint density at radius 1 is 0.857 bits per heavy atom. The minimum absolute atomic E-state index is 0.116. The van der Waals surface area contributed by atoms with Crippen LogP contribution in [0.3, 0.4) is 0 Å². The molecule has 176 valence electrons. The van der Waals surface area contributed by atoms with Gasteiger partial charge in [-0.3, -0.25) is 14.6 Å². The van der Waals surface area contributed by atoms with Gasteiger partial charge in [0.05, 0.1) is 34.0 Å². The summed E-state index contributed by atoms with van der Waals surface area (Å²) in [4.78, 5) is 29.9. The summed E-state index contributed by atoms with van der Waals surface area (Å²) in [5.74, 6) is -0.853. The van der Waals surface area contributed by atoms with E-state index in [1.165, 1.54) is 18.2 Å². The second-order valence-corrected chi connectivity index (χ2v) is 8.49. The predicted molar refractivity (Wildman–Crippen MR) is 138 cm³/mol. The van der Waals surface area contributed by atoms with Crippen molar-refractivity contribution in [1.82, 2.24) is 10.3 Å². The number of hydrogen-bond acceptors (Lipinski definition) is 4. The van der Waals surface area contributed by atoms with E-state index in [4.69, 9.17) is 23.2 Å². The maximum absolute atomic E-state index is 12.8. The van der Waals surface area contributed by atoms with Crippen LogP contribution in [0.2, 0.25) is 10.0 Å². The molecule has 3 aromatic carbocycles. The van der Waals surface area contributed by atoms with Crippen LogP contribution in [0.5, 0.6) is 0 Å². The van der Waals surface area contributed by atoms with E-state index < -0.39 is 17.9 Å². The number of hydrogen-bond donors (Lipinski definition) is 3. The van der Waals surface area contributed by atoms with Gasteiger partial charge in [-0.25, -0.2) is 0 Å². The third-order valence-corrected chi connectivity index (χ3v) is 5.97. The Morgan fingerprint density at radius 3 is 2.31 bits per heavy atom. The summed E-state index contributed by atoms with van der Waals surface area (Å²) >= 11 is 12.7. The summed E-state index contributed by atoms with van der Waals surface area (Å²) in [5, 5.41) is 15.9. The third-order valence-electron chi connectivity index (χ3n) is 5.33. The van der Waals surface area contributed by atoms with E-state index in [1.54, 1.807) is 24.4 Å². The van der Waals surface area contributed by atoms with Crippen LogP contribution < -0.4 is 10.6 Å². The van der Waals surface area contributed by atoms with Crippen molar-refractivity contribution in [2.45, 2.75) is 6.04 Å². The fraction of sp³-hybridized carbons (Fsp3) is 0.0741. The van der Waals surface area contributed by atoms with Crippen LogP contribution in [0, 0.1) is 0 Å². The topological polar surface area (TPSA) is 91.3 Å². The zero-order chi connectivity index (χ0) is 24.8. The summed E-state index contributed by atoms with van der Waals surface area (Å²) in [5.41, 5.74) is 3.15. The standard InChI is InChI=1S/C27H21Cl2N3O3/c28-22-12-10-19(15-21(22)24-8-4-5-13-30-24)31-26(34)18-9-11-20(23(29)14-18)27(35)32-25(16-33)17-6-2-1-3-7-17/h1-15,25,33H,16H2,(H,31,34)(H,32,35)/t25-/m0/s1. The predicted octanol–water partition coefficient (Wildman–Crippen LogP) is 5.77. The number of rotatable bonds is 7. The maximum Gasteiger partial charge on any atom is 0.255 e. The molecule has 0 radical (unpaired) electrons. The molecule has 6 nitrogen and oxygen atoms in total. The van der Waals surface area contributed by atoms with Gasteiger partial charge >= 0.3 is 0 Å². The van der Waals surface area contributed by atoms with Crippen LogP contribution in [0.4, 0.5) is 5.69 Å². The van der Waals surface area contributed by atoms with Crippen molar-refractivity contribution < 1.29 is 14.7 Å². The number of carbonyl (C=O) groups excluding carboxylic acids is 2. The maximum atomic E-state index is 12.8. The Kier molecular flexibility index (Phi) is 7.77. The lowest BCUT2D eigenvalue weighted by molar-refractivity contribution is 0.0915. The van der Waals surface area contributed by atoms with Crippen LogP contribution in [-0.2, 0) is 0 Å². The average Bonchev–Trinajstić information content (AvgIpc) is 2.89. The van der Waals surface area contributed by atoms with Crippen molar-refractivity contribution >= 4 is 40.7 Å². The zero-order valence-electron chi connectivity index (χ0n) is 18.4. The molecule has 0 saturated heterocycles. The average molecular weight is 506 g/mol. The molecule has 2 amide bonds. The van der Waals surface area contributed by atoms with Gasteiger partial charge in [0.15, 0.2) is 0 Å². The Hall–Kier alpha value is -3.71. The molecule has 35 heavy (non-hydrogen) atoms. The summed E-state index contributed by atoms with van der Waals surface area (Å²) < 4.78 is 0. The fourth-order valence-corrected chi connectivity index (χ4v) is 4.00. The molecular weight excluding hydrogens is 485 g/mol. The molecule has 0 aliphatic heterocycles. The van der Waals surface area contributed by atoms with Crippen LogP contribution >= 0.6 is 23.2 Å². The van der Waals surface area contributed by atoms with Gasteiger partial charge in [-0.15, -0.1) is 0 Å². The highest BCUT2D eigenvalue weighted by Crippen LogP contribution is 2.29. The molecule has 0 aliphatic rings. The Bertz CT molecular complexity index is 1350. The molecule has 0 fully saturated rings. The molecule has 1 heterocycles. The Morgan fingerprint density at radius 2 is 1.63 bits per heavy atom. The Labute approximate surface area is 212 Å². The Balaban J connectivity index is 1.49. The van der Waals surface area contributed by atoms with Crippen molar-refractivity contribution in [1.29, 1.82) is 0 Å². The van der Waals surface area contributed by atoms with E-state index in [0.29, 0.717) is 22.0 Å². The normalized spacial score (nSPS) is 11.5. The van der Waals surface area contributed by atoms with Gasteiger partial charge < -0.3 is 15.7 Å². The van der Waals surface area contributed by atoms with Crippen LogP contribution in [0.1, 0.15) is 32.3 Å². The molecule has 8 heteroatoms. The zero-order valence-corrected chi connectivity index (χ0v) is 19.9. The molecule has 4 aromatic rings. The van der Waals surface area contributed by atoms with E-state index >= 15 is 0 Å². The highest BCUT2D eigenvalue weighted by Gasteiger charge is 2.18. The van der Waals surface area contributed by atoms with Gasteiger partial charge in [0, 0.05) is 23.0 Å². The van der Waals surface area contributed by atoms with E-state index in [-0.39, 0.29) is 22.8 Å². The number of nitrogens with zero attached hydrogens (tertiary/aromatic N) is 1. The molecule has 0 unspecified atom stereocenters. The van der Waals surface area contributed by atoms with E-state index in [1.807, 2.05) is 48.5 Å².